The minimum absolute atomic E-state index is 0.225. The van der Waals surface area contributed by atoms with E-state index in [0.717, 1.165) is 34.1 Å². The molecule has 0 spiro atoms. The van der Waals surface area contributed by atoms with Gasteiger partial charge in [0.15, 0.2) is 0 Å². The van der Waals surface area contributed by atoms with E-state index >= 15 is 0 Å². The van der Waals surface area contributed by atoms with Gasteiger partial charge in [0, 0.05) is 29.0 Å². The third-order valence-electron chi connectivity index (χ3n) is 6.43. The molecule has 7 nitrogen and oxygen atoms in total. The van der Waals surface area contributed by atoms with Gasteiger partial charge in [-0.05, 0) is 70.8 Å². The molecule has 0 unspecified atom stereocenters. The number of nitrogens with one attached hydrogen (secondary N) is 1. The van der Waals surface area contributed by atoms with Gasteiger partial charge in [0.05, 0.1) is 22.5 Å². The van der Waals surface area contributed by atoms with E-state index in [-0.39, 0.29) is 5.56 Å². The molecule has 5 aromatic rings. The van der Waals surface area contributed by atoms with Gasteiger partial charge in [0.1, 0.15) is 5.82 Å². The second-order valence-electron chi connectivity index (χ2n) is 9.65. The molecule has 0 aliphatic carbocycles. The number of halogens is 2. The number of nitrogens with zero attached hydrogens (tertiary/aromatic N) is 2. The predicted molar refractivity (Wildman–Crippen MR) is 169 cm³/mol. The third-order valence-corrected chi connectivity index (χ3v) is 7.58. The number of anilines is 1. The summed E-state index contributed by atoms with van der Waals surface area (Å²) >= 11 is 12.6. The summed E-state index contributed by atoms with van der Waals surface area (Å²) in [5, 5.41) is 10.2. The van der Waals surface area contributed by atoms with Gasteiger partial charge in [-0.2, -0.15) is 0 Å². The molecule has 1 heterocycles. The molecule has 212 valence electrons. The summed E-state index contributed by atoms with van der Waals surface area (Å²) < 4.78 is 27.3. The van der Waals surface area contributed by atoms with Crippen LogP contribution in [0.25, 0.3) is 34.5 Å². The van der Waals surface area contributed by atoms with Gasteiger partial charge < -0.3 is 9.67 Å². The van der Waals surface area contributed by atoms with Crippen LogP contribution in [-0.4, -0.2) is 35.3 Å². The van der Waals surface area contributed by atoms with Gasteiger partial charge in [-0.25, -0.2) is 18.2 Å². The number of sulfonamides is 1. The van der Waals surface area contributed by atoms with E-state index in [2.05, 4.69) is 4.72 Å². The molecule has 0 bridgehead atoms. The third kappa shape index (κ3) is 7.28. The maximum absolute atomic E-state index is 11.5. The summed E-state index contributed by atoms with van der Waals surface area (Å²) in [6.07, 6.45) is 6.90. The Morgan fingerprint density at radius 3 is 2.14 bits per heavy atom. The SMILES string of the molecule is CS(=O)(=O)Nc1ccc(-c2ccc(C=Cc3nc(-c4ccc(Cl)cc4Cl)cn3Cc3ccc(C(=O)O)cc3)cc2)cc1. The number of carboxylic acids is 1. The molecule has 4 aromatic carbocycles. The van der Waals surface area contributed by atoms with Crippen LogP contribution >= 0.6 is 23.2 Å². The first-order valence-electron chi connectivity index (χ1n) is 12.8. The molecular weight excluding hydrogens is 593 g/mol. The Kier molecular flexibility index (Phi) is 8.49. The van der Waals surface area contributed by atoms with Crippen LogP contribution in [0.2, 0.25) is 10.0 Å². The van der Waals surface area contributed by atoms with Crippen molar-refractivity contribution in [2.75, 3.05) is 11.0 Å². The molecule has 0 atom stereocenters. The molecule has 42 heavy (non-hydrogen) atoms. The monoisotopic (exact) mass is 617 g/mol. The van der Waals surface area contributed by atoms with Crippen LogP contribution in [0.3, 0.4) is 0 Å². The normalized spacial score (nSPS) is 11.6. The maximum atomic E-state index is 11.5. The highest BCUT2D eigenvalue weighted by Crippen LogP contribution is 2.30. The second kappa shape index (κ2) is 12.2. The van der Waals surface area contributed by atoms with Gasteiger partial charge in [-0.15, -0.1) is 0 Å². The summed E-state index contributed by atoms with van der Waals surface area (Å²) in [6, 6.07) is 27.1. The van der Waals surface area contributed by atoms with Crippen molar-refractivity contribution < 1.29 is 18.3 Å². The average molecular weight is 619 g/mol. The zero-order valence-corrected chi connectivity index (χ0v) is 24.7. The smallest absolute Gasteiger partial charge is 0.335 e. The minimum Gasteiger partial charge on any atom is -0.478 e. The molecule has 0 aliphatic heterocycles. The van der Waals surface area contributed by atoms with Crippen LogP contribution in [-0.2, 0) is 16.6 Å². The number of aromatic carboxylic acids is 1. The molecule has 5 rings (SSSR count). The van der Waals surface area contributed by atoms with E-state index in [4.69, 9.17) is 28.2 Å². The summed E-state index contributed by atoms with van der Waals surface area (Å²) in [5.74, 6) is -0.282. The highest BCUT2D eigenvalue weighted by Gasteiger charge is 2.12. The van der Waals surface area contributed by atoms with Crippen molar-refractivity contribution in [3.63, 3.8) is 0 Å². The molecule has 0 saturated heterocycles. The van der Waals surface area contributed by atoms with Crippen molar-refractivity contribution in [2.24, 2.45) is 0 Å². The molecule has 0 fully saturated rings. The number of aromatic nitrogens is 2. The van der Waals surface area contributed by atoms with E-state index in [9.17, 15) is 18.3 Å². The second-order valence-corrected chi connectivity index (χ2v) is 12.2. The fourth-order valence-electron chi connectivity index (χ4n) is 4.37. The quantitative estimate of drug-likeness (QED) is 0.176. The van der Waals surface area contributed by atoms with Crippen LogP contribution in [0.4, 0.5) is 5.69 Å². The van der Waals surface area contributed by atoms with E-state index in [0.29, 0.717) is 33.8 Å². The zero-order chi connectivity index (χ0) is 29.9. The van der Waals surface area contributed by atoms with Crippen LogP contribution in [0.15, 0.2) is 97.2 Å². The van der Waals surface area contributed by atoms with Crippen molar-refractivity contribution in [1.29, 1.82) is 0 Å². The van der Waals surface area contributed by atoms with Gasteiger partial charge in [0.2, 0.25) is 10.0 Å². The molecule has 10 heteroatoms. The Labute approximate surface area is 253 Å². The van der Waals surface area contributed by atoms with E-state index in [1.807, 2.05) is 65.4 Å². The first-order chi connectivity index (χ1) is 20.0. The van der Waals surface area contributed by atoms with Gasteiger partial charge in [-0.3, -0.25) is 4.72 Å². The zero-order valence-electron chi connectivity index (χ0n) is 22.3. The van der Waals surface area contributed by atoms with Gasteiger partial charge in [-0.1, -0.05) is 77.8 Å². The topological polar surface area (TPSA) is 101 Å². The molecular formula is C32H25Cl2N3O4S. The van der Waals surface area contributed by atoms with Crippen LogP contribution in [0, 0.1) is 0 Å². The fourth-order valence-corrected chi connectivity index (χ4v) is 5.44. The van der Waals surface area contributed by atoms with Crippen LogP contribution in [0.1, 0.15) is 27.3 Å². The predicted octanol–water partition coefficient (Wildman–Crippen LogP) is 7.81. The lowest BCUT2D eigenvalue weighted by molar-refractivity contribution is 0.0697. The van der Waals surface area contributed by atoms with Gasteiger partial charge >= 0.3 is 5.97 Å². The first kappa shape index (κ1) is 29.1. The number of carboxylic acid groups (broad SMARTS) is 1. The number of hydrogen-bond donors (Lipinski definition) is 2. The van der Waals surface area contributed by atoms with Crippen LogP contribution < -0.4 is 4.72 Å². The molecule has 1 aromatic heterocycles. The number of carbonyl (C=O) groups is 1. The summed E-state index contributed by atoms with van der Waals surface area (Å²) in [5.41, 5.74) is 5.99. The Bertz CT molecular complexity index is 1880. The van der Waals surface area contributed by atoms with Gasteiger partial charge in [0.25, 0.3) is 0 Å². The van der Waals surface area contributed by atoms with Crippen molar-refractivity contribution in [2.45, 2.75) is 6.54 Å². The van der Waals surface area contributed by atoms with Crippen molar-refractivity contribution >= 4 is 57.0 Å². The van der Waals surface area contributed by atoms with Crippen LogP contribution in [0.5, 0.6) is 0 Å². The van der Waals surface area contributed by atoms with E-state index in [1.54, 1.807) is 48.5 Å². The number of rotatable bonds is 9. The Morgan fingerprint density at radius 1 is 0.905 bits per heavy atom. The number of imidazole rings is 1. The van der Waals surface area contributed by atoms with E-state index in [1.165, 1.54) is 0 Å². The summed E-state index contributed by atoms with van der Waals surface area (Å²) in [7, 11) is -3.33. The largest absolute Gasteiger partial charge is 0.478 e. The van der Waals surface area contributed by atoms with Crippen molar-refractivity contribution in [1.82, 2.24) is 9.55 Å². The standard InChI is InChI=1S/C32H25Cl2N3O4S/c1-42(40,41)36-27-14-11-24(12-15-27)23-7-2-21(3-8-23)6-17-31-35-30(28-16-13-26(33)18-29(28)34)20-37(31)19-22-4-9-25(10-5-22)32(38)39/h2-18,20,36H,19H2,1H3,(H,38,39). The van der Waals surface area contributed by atoms with Crippen molar-refractivity contribution in [3.05, 3.63) is 130 Å². The lowest BCUT2D eigenvalue weighted by atomic mass is 10.0. The molecule has 0 saturated carbocycles. The number of benzene rings is 4. The Morgan fingerprint density at radius 2 is 1.55 bits per heavy atom. The highest BCUT2D eigenvalue weighted by molar-refractivity contribution is 7.92. The molecule has 0 radical (unpaired) electrons. The first-order valence-corrected chi connectivity index (χ1v) is 15.4. The Hall–Kier alpha value is -4.37. The fraction of sp³-hybridized carbons (Fsp3) is 0.0625. The molecule has 0 amide bonds. The highest BCUT2D eigenvalue weighted by atomic mass is 35.5. The average Bonchev–Trinajstić information content (AvgIpc) is 3.34. The molecule has 0 aliphatic rings. The number of hydrogen-bond acceptors (Lipinski definition) is 4. The maximum Gasteiger partial charge on any atom is 0.335 e. The summed E-state index contributed by atoms with van der Waals surface area (Å²) in [4.78, 5) is 16.1. The molecule has 2 N–H and O–H groups in total. The minimum atomic E-state index is -3.33. The lowest BCUT2D eigenvalue weighted by Gasteiger charge is -2.07. The Balaban J connectivity index is 1.40. The lowest BCUT2D eigenvalue weighted by Crippen LogP contribution is -2.09. The van der Waals surface area contributed by atoms with Crippen molar-refractivity contribution in [3.8, 4) is 22.4 Å². The summed E-state index contributed by atoms with van der Waals surface area (Å²) in [6.45, 7) is 0.473. The van der Waals surface area contributed by atoms with E-state index < -0.39 is 16.0 Å².